The number of hydrogen-bond acceptors (Lipinski definition) is 6. The zero-order chi connectivity index (χ0) is 15.5. The van der Waals surface area contributed by atoms with Crippen molar-refractivity contribution >= 4 is 5.91 Å². The predicted octanol–water partition coefficient (Wildman–Crippen LogP) is 0.0189. The number of carbonyl (C=O) groups excluding carboxylic acids is 1. The van der Waals surface area contributed by atoms with Crippen molar-refractivity contribution in [3.05, 3.63) is 17.5 Å². The third-order valence-electron chi connectivity index (χ3n) is 4.52. The molecule has 1 aromatic heterocycles. The fourth-order valence-corrected chi connectivity index (χ4v) is 3.06. The van der Waals surface area contributed by atoms with E-state index in [0.717, 1.165) is 38.5 Å². The molecule has 1 atom stereocenters. The van der Waals surface area contributed by atoms with Crippen LogP contribution in [-0.4, -0.2) is 82.8 Å². The van der Waals surface area contributed by atoms with Crippen LogP contribution in [0, 0.1) is 0 Å². The van der Waals surface area contributed by atoms with Crippen LogP contribution < -0.4 is 0 Å². The van der Waals surface area contributed by atoms with Crippen LogP contribution in [0.15, 0.2) is 10.6 Å². The van der Waals surface area contributed by atoms with E-state index in [0.29, 0.717) is 31.7 Å². The molecule has 2 aliphatic heterocycles. The largest absolute Gasteiger partial charge is 0.391 e. The molecule has 0 aliphatic carbocycles. The molecule has 1 N–H and O–H groups in total. The molecule has 2 fully saturated rings. The molecule has 3 rings (SSSR count). The summed E-state index contributed by atoms with van der Waals surface area (Å²) in [5, 5.41) is 13.4. The van der Waals surface area contributed by atoms with Crippen molar-refractivity contribution < 1.29 is 14.4 Å². The van der Waals surface area contributed by atoms with Crippen molar-refractivity contribution in [1.82, 2.24) is 19.9 Å². The summed E-state index contributed by atoms with van der Waals surface area (Å²) in [6.07, 6.45) is 0.225. The van der Waals surface area contributed by atoms with Crippen LogP contribution in [0.5, 0.6) is 0 Å². The predicted molar refractivity (Wildman–Crippen MR) is 80.4 cm³/mol. The van der Waals surface area contributed by atoms with Crippen LogP contribution in [-0.2, 0) is 6.54 Å². The molecule has 0 unspecified atom stereocenters. The highest BCUT2D eigenvalue weighted by molar-refractivity contribution is 5.92. The number of β-amino-alcohol motifs (C(OH)–C–C–N with tert-alkyl or cyclic N) is 1. The fraction of sp³-hybridized carbons (Fsp3) is 0.733. The Labute approximate surface area is 130 Å². The Kier molecular flexibility index (Phi) is 4.75. The third kappa shape index (κ3) is 3.48. The van der Waals surface area contributed by atoms with E-state index in [1.165, 1.54) is 0 Å². The molecule has 0 saturated carbocycles. The summed E-state index contributed by atoms with van der Waals surface area (Å²) < 4.78 is 5.31. The van der Waals surface area contributed by atoms with E-state index in [9.17, 15) is 9.90 Å². The van der Waals surface area contributed by atoms with Crippen molar-refractivity contribution in [1.29, 1.82) is 0 Å². The van der Waals surface area contributed by atoms with Gasteiger partial charge in [0.1, 0.15) is 0 Å². The summed E-state index contributed by atoms with van der Waals surface area (Å²) in [5.74, 6) is 0.579. The smallest absolute Gasteiger partial charge is 0.276 e. The number of hydrogen-bond donors (Lipinski definition) is 1. The Morgan fingerprint density at radius 3 is 2.68 bits per heavy atom. The highest BCUT2D eigenvalue weighted by atomic mass is 16.5. The van der Waals surface area contributed by atoms with Crippen LogP contribution >= 0.6 is 0 Å². The van der Waals surface area contributed by atoms with E-state index in [4.69, 9.17) is 4.52 Å². The van der Waals surface area contributed by atoms with Gasteiger partial charge in [0, 0.05) is 45.3 Å². The highest BCUT2D eigenvalue weighted by Gasteiger charge is 2.27. The van der Waals surface area contributed by atoms with Gasteiger partial charge in [0.25, 0.3) is 5.91 Å². The molecule has 1 aromatic rings. The zero-order valence-corrected chi connectivity index (χ0v) is 13.1. The van der Waals surface area contributed by atoms with Crippen molar-refractivity contribution in [3.8, 4) is 0 Å². The molecular weight excluding hydrogens is 284 g/mol. The Bertz CT molecular complexity index is 511. The van der Waals surface area contributed by atoms with Crippen molar-refractivity contribution in [2.75, 3.05) is 45.8 Å². The lowest BCUT2D eigenvalue weighted by atomic mass is 10.2. The van der Waals surface area contributed by atoms with Crippen LogP contribution in [0.4, 0.5) is 0 Å². The first kappa shape index (κ1) is 15.5. The highest BCUT2D eigenvalue weighted by Crippen LogP contribution is 2.15. The first-order valence-electron chi connectivity index (χ1n) is 8.03. The summed E-state index contributed by atoms with van der Waals surface area (Å²) in [4.78, 5) is 18.6. The average Bonchev–Trinajstić information content (AvgIpc) is 3.16. The maximum absolute atomic E-state index is 12.3. The number of aliphatic hydroxyl groups excluding tert-OH is 1. The van der Waals surface area contributed by atoms with Crippen LogP contribution in [0.25, 0.3) is 0 Å². The van der Waals surface area contributed by atoms with E-state index in [1.807, 2.05) is 0 Å². The van der Waals surface area contributed by atoms with E-state index >= 15 is 0 Å². The number of likely N-dealkylation sites (N-methyl/N-ethyl adjacent to an activating group) is 1. The van der Waals surface area contributed by atoms with Crippen LogP contribution in [0.2, 0.25) is 0 Å². The molecule has 0 spiro atoms. The normalized spacial score (nSPS) is 24.1. The van der Waals surface area contributed by atoms with Gasteiger partial charge in [-0.05, 0) is 13.0 Å². The lowest BCUT2D eigenvalue weighted by Gasteiger charge is -2.33. The van der Waals surface area contributed by atoms with Gasteiger partial charge in [-0.15, -0.1) is 0 Å². The minimum Gasteiger partial charge on any atom is -0.391 e. The number of piperazine rings is 1. The van der Waals surface area contributed by atoms with E-state index in [2.05, 4.69) is 21.9 Å². The topological polar surface area (TPSA) is 73.0 Å². The Hall–Kier alpha value is -1.44. The Morgan fingerprint density at radius 1 is 1.32 bits per heavy atom. The summed E-state index contributed by atoms with van der Waals surface area (Å²) in [6.45, 7) is 9.11. The average molecular weight is 308 g/mol. The summed E-state index contributed by atoms with van der Waals surface area (Å²) in [7, 11) is 0. The lowest BCUT2D eigenvalue weighted by molar-refractivity contribution is 0.0754. The first-order valence-corrected chi connectivity index (χ1v) is 8.03. The Morgan fingerprint density at radius 2 is 2.05 bits per heavy atom. The molecule has 2 aliphatic rings. The first-order chi connectivity index (χ1) is 10.7. The maximum atomic E-state index is 12.3. The molecule has 0 radical (unpaired) electrons. The van der Waals surface area contributed by atoms with Gasteiger partial charge in [0.05, 0.1) is 12.6 Å². The molecule has 1 amide bonds. The summed E-state index contributed by atoms with van der Waals surface area (Å²) >= 11 is 0. The van der Waals surface area contributed by atoms with Gasteiger partial charge in [-0.1, -0.05) is 12.1 Å². The van der Waals surface area contributed by atoms with Gasteiger partial charge >= 0.3 is 0 Å². The quantitative estimate of drug-likeness (QED) is 0.845. The molecule has 7 nitrogen and oxygen atoms in total. The number of nitrogens with zero attached hydrogens (tertiary/aromatic N) is 4. The molecule has 122 valence electrons. The molecule has 22 heavy (non-hydrogen) atoms. The minimum atomic E-state index is -0.412. The number of rotatable bonds is 4. The molecule has 0 bridgehead atoms. The van der Waals surface area contributed by atoms with Crippen LogP contribution in [0.3, 0.4) is 0 Å². The van der Waals surface area contributed by atoms with Gasteiger partial charge in [-0.2, -0.15) is 0 Å². The Balaban J connectivity index is 1.54. The van der Waals surface area contributed by atoms with Gasteiger partial charge in [0.2, 0.25) is 0 Å². The van der Waals surface area contributed by atoms with Gasteiger partial charge in [-0.25, -0.2) is 0 Å². The number of aliphatic hydroxyl groups is 1. The van der Waals surface area contributed by atoms with Gasteiger partial charge in [0.15, 0.2) is 11.5 Å². The number of carbonyl (C=O) groups is 1. The third-order valence-corrected chi connectivity index (χ3v) is 4.52. The van der Waals surface area contributed by atoms with E-state index in [-0.39, 0.29) is 5.91 Å². The number of amides is 1. The monoisotopic (exact) mass is 308 g/mol. The standard InChI is InChI=1S/C15H24N4O3/c1-2-17-5-7-18(8-6-17)11-13-9-14(16-22-13)15(21)19-4-3-12(20)10-19/h9,12,20H,2-8,10-11H2,1H3/t12-/m1/s1. The van der Waals surface area contributed by atoms with Gasteiger partial charge in [-0.3, -0.25) is 9.69 Å². The van der Waals surface area contributed by atoms with E-state index < -0.39 is 6.10 Å². The summed E-state index contributed by atoms with van der Waals surface area (Å²) in [6, 6.07) is 1.74. The molecule has 0 aromatic carbocycles. The summed E-state index contributed by atoms with van der Waals surface area (Å²) in [5.41, 5.74) is 0.344. The van der Waals surface area contributed by atoms with Gasteiger partial charge < -0.3 is 19.4 Å². The molecule has 2 saturated heterocycles. The number of likely N-dealkylation sites (tertiary alicyclic amines) is 1. The second kappa shape index (κ2) is 6.76. The second-order valence-corrected chi connectivity index (χ2v) is 6.08. The molecule has 7 heteroatoms. The molecule has 3 heterocycles. The molecular formula is C15H24N4O3. The maximum Gasteiger partial charge on any atom is 0.276 e. The SMILES string of the molecule is CCN1CCN(Cc2cc(C(=O)N3CC[C@@H](O)C3)no2)CC1. The minimum absolute atomic E-state index is 0.151. The second-order valence-electron chi connectivity index (χ2n) is 6.08. The fourth-order valence-electron chi connectivity index (χ4n) is 3.06. The van der Waals surface area contributed by atoms with Crippen molar-refractivity contribution in [3.63, 3.8) is 0 Å². The zero-order valence-electron chi connectivity index (χ0n) is 13.1. The lowest BCUT2D eigenvalue weighted by Crippen LogP contribution is -2.45. The number of aromatic nitrogens is 1. The van der Waals surface area contributed by atoms with Crippen molar-refractivity contribution in [2.45, 2.75) is 26.0 Å². The van der Waals surface area contributed by atoms with Crippen LogP contribution in [0.1, 0.15) is 29.6 Å². The van der Waals surface area contributed by atoms with E-state index in [1.54, 1.807) is 11.0 Å². The van der Waals surface area contributed by atoms with Crippen molar-refractivity contribution in [2.24, 2.45) is 0 Å².